The van der Waals surface area contributed by atoms with E-state index in [-0.39, 0.29) is 12.0 Å². The first-order chi connectivity index (χ1) is 15.4. The first-order valence-corrected chi connectivity index (χ1v) is 11.4. The third-order valence-corrected chi connectivity index (χ3v) is 5.43. The fourth-order valence-corrected chi connectivity index (χ4v) is 3.60. The number of hydrogen-bond acceptors (Lipinski definition) is 4. The van der Waals surface area contributed by atoms with Crippen molar-refractivity contribution in [3.8, 4) is 0 Å². The molecule has 2 aromatic rings. The average molecular weight is 465 g/mol. The molecule has 0 fully saturated rings. The predicted molar refractivity (Wildman–Crippen MR) is 127 cm³/mol. The molecule has 2 aromatic heterocycles. The smallest absolute Gasteiger partial charge is 0.386 e. The summed E-state index contributed by atoms with van der Waals surface area (Å²) in [6.45, 7) is 15.0. The Labute approximate surface area is 194 Å². The van der Waals surface area contributed by atoms with Gasteiger partial charge in [-0.05, 0) is 56.4 Å². The molecule has 0 spiro atoms. The van der Waals surface area contributed by atoms with Crippen molar-refractivity contribution in [1.82, 2.24) is 14.8 Å². The maximum Gasteiger partial charge on any atom is 0.415 e. The fourth-order valence-electron chi connectivity index (χ4n) is 3.60. The van der Waals surface area contributed by atoms with Gasteiger partial charge in [0.2, 0.25) is 0 Å². The topological polar surface area (TPSA) is 63.0 Å². The Bertz CT molecular complexity index is 967. The third-order valence-electron chi connectivity index (χ3n) is 5.43. The first kappa shape index (κ1) is 26.6. The van der Waals surface area contributed by atoms with Crippen LogP contribution in [0.4, 0.5) is 19.0 Å². The molecule has 5 nitrogen and oxygen atoms in total. The molecule has 1 unspecified atom stereocenters. The van der Waals surface area contributed by atoms with Crippen molar-refractivity contribution in [1.29, 1.82) is 0 Å². The normalized spacial score (nSPS) is 16.7. The van der Waals surface area contributed by atoms with Crippen LogP contribution in [0, 0.1) is 5.92 Å². The molecule has 0 saturated carbocycles. The van der Waals surface area contributed by atoms with Crippen molar-refractivity contribution in [2.75, 3.05) is 5.32 Å². The van der Waals surface area contributed by atoms with Gasteiger partial charge in [0.15, 0.2) is 0 Å². The number of aliphatic hydroxyl groups is 1. The summed E-state index contributed by atoms with van der Waals surface area (Å²) in [6.07, 6.45) is 0.0126. The van der Waals surface area contributed by atoms with Gasteiger partial charge in [0.25, 0.3) is 0 Å². The van der Waals surface area contributed by atoms with Crippen molar-refractivity contribution in [3.63, 3.8) is 0 Å². The van der Waals surface area contributed by atoms with Crippen LogP contribution < -0.4 is 5.32 Å². The summed E-state index contributed by atoms with van der Waals surface area (Å²) in [6, 6.07) is 5.44. The van der Waals surface area contributed by atoms with E-state index in [4.69, 9.17) is 0 Å². The monoisotopic (exact) mass is 464 g/mol. The van der Waals surface area contributed by atoms with Crippen LogP contribution in [0.1, 0.15) is 77.4 Å². The molecule has 3 heterocycles. The Kier molecular flexibility index (Phi) is 8.52. The molecular weight excluding hydrogens is 429 g/mol. The number of rotatable bonds is 6. The minimum absolute atomic E-state index is 0.0604. The Morgan fingerprint density at radius 1 is 1.27 bits per heavy atom. The van der Waals surface area contributed by atoms with Crippen LogP contribution in [0.5, 0.6) is 0 Å². The highest BCUT2D eigenvalue weighted by molar-refractivity contribution is 5.67. The van der Waals surface area contributed by atoms with Crippen molar-refractivity contribution in [2.45, 2.75) is 78.7 Å². The van der Waals surface area contributed by atoms with Gasteiger partial charge >= 0.3 is 6.18 Å². The number of hydrogen-bond donors (Lipinski definition) is 2. The molecule has 1 aliphatic heterocycles. The van der Waals surface area contributed by atoms with Crippen LogP contribution in [0.25, 0.3) is 5.57 Å². The Morgan fingerprint density at radius 2 is 1.94 bits per heavy atom. The van der Waals surface area contributed by atoms with Crippen molar-refractivity contribution < 1.29 is 18.3 Å². The molecule has 8 heteroatoms. The Morgan fingerprint density at radius 3 is 2.45 bits per heavy atom. The second kappa shape index (κ2) is 10.5. The zero-order valence-electron chi connectivity index (χ0n) is 20.3. The standard InChI is InChI=1S/C23H29F3N4O.C2H6/c1-14(2)17(11-15(3)23(24,25)26)19-12-20-18(7-6-10-30(20)29-19)28-21-9-8-16(13-27-21)22(4,5)31;1-2/h8-9,11-14,18,31H,3,6-7,10H2,1-2,4-5H3,(H,27,28);1-2H3/b17-11+;. The van der Waals surface area contributed by atoms with Gasteiger partial charge in [-0.25, -0.2) is 4.98 Å². The molecule has 33 heavy (non-hydrogen) atoms. The maximum absolute atomic E-state index is 13.0. The molecule has 0 aromatic carbocycles. The van der Waals surface area contributed by atoms with Crippen LogP contribution >= 0.6 is 0 Å². The van der Waals surface area contributed by atoms with E-state index < -0.39 is 17.4 Å². The van der Waals surface area contributed by atoms with Crippen LogP contribution in [0.2, 0.25) is 0 Å². The SMILES string of the molecule is C=C(/C=C(/c1cc2n(n1)CCCC2Nc1ccc(C(C)(C)O)cn1)C(C)C)C(F)(F)F.CC. The molecule has 0 radical (unpaired) electrons. The molecule has 3 rings (SSSR count). The van der Waals surface area contributed by atoms with E-state index in [0.29, 0.717) is 29.2 Å². The highest BCUT2D eigenvalue weighted by atomic mass is 19.4. The minimum Gasteiger partial charge on any atom is -0.386 e. The van der Waals surface area contributed by atoms with E-state index in [2.05, 4.69) is 22.0 Å². The van der Waals surface area contributed by atoms with E-state index in [1.165, 1.54) is 0 Å². The predicted octanol–water partition coefficient (Wildman–Crippen LogP) is 6.64. The van der Waals surface area contributed by atoms with Crippen LogP contribution in [-0.4, -0.2) is 26.0 Å². The summed E-state index contributed by atoms with van der Waals surface area (Å²) in [4.78, 5) is 4.40. The van der Waals surface area contributed by atoms with E-state index >= 15 is 0 Å². The molecule has 182 valence electrons. The molecule has 0 saturated heterocycles. The lowest BCUT2D eigenvalue weighted by molar-refractivity contribution is -0.0877. The van der Waals surface area contributed by atoms with Gasteiger partial charge < -0.3 is 10.4 Å². The molecule has 1 aliphatic rings. The zero-order chi connectivity index (χ0) is 25.0. The summed E-state index contributed by atoms with van der Waals surface area (Å²) in [7, 11) is 0. The van der Waals surface area contributed by atoms with E-state index in [1.54, 1.807) is 20.0 Å². The molecule has 0 bridgehead atoms. The van der Waals surface area contributed by atoms with Crippen LogP contribution in [0.15, 0.2) is 42.6 Å². The highest BCUT2D eigenvalue weighted by Gasteiger charge is 2.32. The van der Waals surface area contributed by atoms with E-state index in [9.17, 15) is 18.3 Å². The number of aryl methyl sites for hydroxylation is 1. The largest absolute Gasteiger partial charge is 0.415 e. The number of aromatic nitrogens is 3. The molecule has 0 aliphatic carbocycles. The number of fused-ring (bicyclic) bond motifs is 1. The molecule has 1 atom stereocenters. The number of nitrogens with zero attached hydrogens (tertiary/aromatic N) is 3. The average Bonchev–Trinajstić information content (AvgIpc) is 3.17. The first-order valence-electron chi connectivity index (χ1n) is 11.4. The molecule has 2 N–H and O–H groups in total. The lowest BCUT2D eigenvalue weighted by Gasteiger charge is -2.25. The fraction of sp³-hybridized carbons (Fsp3) is 0.520. The van der Waals surface area contributed by atoms with Gasteiger partial charge in [-0.1, -0.05) is 40.3 Å². The zero-order valence-corrected chi connectivity index (χ0v) is 20.3. The second-order valence-electron chi connectivity index (χ2n) is 8.79. The van der Waals surface area contributed by atoms with Crippen LogP contribution in [-0.2, 0) is 12.1 Å². The van der Waals surface area contributed by atoms with E-state index in [1.807, 2.05) is 50.6 Å². The Hall–Kier alpha value is -2.61. The second-order valence-corrected chi connectivity index (χ2v) is 8.79. The number of halogens is 3. The summed E-state index contributed by atoms with van der Waals surface area (Å²) < 4.78 is 40.9. The lowest BCUT2D eigenvalue weighted by atomic mass is 9.96. The van der Waals surface area contributed by atoms with Gasteiger partial charge in [0, 0.05) is 23.9 Å². The van der Waals surface area contributed by atoms with Gasteiger partial charge in [0.1, 0.15) is 5.82 Å². The summed E-state index contributed by atoms with van der Waals surface area (Å²) in [5.41, 5.74) is 0.826. The number of pyridine rings is 1. The van der Waals surface area contributed by atoms with E-state index in [0.717, 1.165) is 24.6 Å². The number of allylic oxidation sites excluding steroid dienone is 3. The summed E-state index contributed by atoms with van der Waals surface area (Å²) in [5, 5.41) is 18.1. The summed E-state index contributed by atoms with van der Waals surface area (Å²) in [5.74, 6) is 0.526. The van der Waals surface area contributed by atoms with Crippen molar-refractivity contribution >= 4 is 11.4 Å². The van der Waals surface area contributed by atoms with Gasteiger partial charge in [-0.2, -0.15) is 18.3 Å². The quantitative estimate of drug-likeness (QED) is 0.471. The Balaban J connectivity index is 0.00000187. The van der Waals surface area contributed by atoms with Crippen LogP contribution in [0.3, 0.4) is 0 Å². The van der Waals surface area contributed by atoms with Crippen molar-refractivity contribution in [2.24, 2.45) is 5.92 Å². The van der Waals surface area contributed by atoms with Gasteiger partial charge in [-0.3, -0.25) is 4.68 Å². The number of nitrogens with one attached hydrogen (secondary N) is 1. The third kappa shape index (κ3) is 6.69. The molecule has 0 amide bonds. The molecular formula is C25H35F3N4O. The van der Waals surface area contributed by atoms with Gasteiger partial charge in [-0.15, -0.1) is 0 Å². The lowest BCUT2D eigenvalue weighted by Crippen LogP contribution is -2.22. The summed E-state index contributed by atoms with van der Waals surface area (Å²) >= 11 is 0. The maximum atomic E-state index is 13.0. The van der Waals surface area contributed by atoms with Crippen molar-refractivity contribution in [3.05, 3.63) is 59.6 Å². The number of alkyl halides is 3. The minimum atomic E-state index is -4.47. The van der Waals surface area contributed by atoms with Gasteiger partial charge in [0.05, 0.1) is 23.0 Å². The highest BCUT2D eigenvalue weighted by Crippen LogP contribution is 2.34. The number of anilines is 1.